The molecule has 1 aromatic carbocycles. The number of aldehydes is 1. The van der Waals surface area contributed by atoms with Crippen LogP contribution in [0.4, 0.5) is 0 Å². The number of benzene rings is 1. The Morgan fingerprint density at radius 2 is 2.00 bits per heavy atom. The van der Waals surface area contributed by atoms with E-state index >= 15 is 0 Å². The Kier molecular flexibility index (Phi) is 3.27. The molecule has 0 heterocycles. The van der Waals surface area contributed by atoms with Crippen molar-refractivity contribution in [3.05, 3.63) is 34.3 Å². The first-order chi connectivity index (χ1) is 5.25. The summed E-state index contributed by atoms with van der Waals surface area (Å²) in [5, 5.41) is 0. The summed E-state index contributed by atoms with van der Waals surface area (Å²) < 4.78 is 0.953. The molecule has 0 aliphatic heterocycles. The molecule has 1 unspecified atom stereocenters. The van der Waals surface area contributed by atoms with E-state index < -0.39 is 0 Å². The molecule has 0 amide bonds. The normalized spacial score (nSPS) is 12.5. The second-order valence-electron chi connectivity index (χ2n) is 2.06. The van der Waals surface area contributed by atoms with E-state index in [9.17, 15) is 4.79 Å². The molecule has 11 heavy (non-hydrogen) atoms. The molecule has 0 aromatic heterocycles. The van der Waals surface area contributed by atoms with Crippen molar-refractivity contribution in [1.82, 2.24) is 0 Å². The van der Waals surface area contributed by atoms with E-state index in [2.05, 4.69) is 31.9 Å². The van der Waals surface area contributed by atoms with Crippen molar-refractivity contribution in [2.75, 3.05) is 0 Å². The van der Waals surface area contributed by atoms with Gasteiger partial charge in [0.25, 0.3) is 0 Å². The maximum Gasteiger partial charge on any atom is 0.138 e. The topological polar surface area (TPSA) is 17.1 Å². The average molecular weight is 278 g/mol. The Morgan fingerprint density at radius 3 is 2.55 bits per heavy atom. The molecule has 3 heteroatoms. The molecular weight excluding hydrogens is 272 g/mol. The fourth-order valence-corrected chi connectivity index (χ4v) is 2.01. The van der Waals surface area contributed by atoms with Crippen molar-refractivity contribution in [1.29, 1.82) is 0 Å². The molecule has 1 aromatic rings. The average Bonchev–Trinajstić information content (AvgIpc) is 2.04. The van der Waals surface area contributed by atoms with Crippen LogP contribution in [-0.2, 0) is 4.79 Å². The molecule has 0 aliphatic rings. The Morgan fingerprint density at radius 1 is 1.36 bits per heavy atom. The van der Waals surface area contributed by atoms with Crippen LogP contribution in [0.5, 0.6) is 0 Å². The lowest BCUT2D eigenvalue weighted by Gasteiger charge is -2.03. The maximum absolute atomic E-state index is 10.4. The van der Waals surface area contributed by atoms with Crippen LogP contribution in [0.15, 0.2) is 28.7 Å². The monoisotopic (exact) mass is 276 g/mol. The molecule has 0 aliphatic carbocycles. The zero-order chi connectivity index (χ0) is 8.27. The predicted octanol–water partition coefficient (Wildman–Crippen LogP) is 3.08. The maximum atomic E-state index is 10.4. The van der Waals surface area contributed by atoms with Crippen molar-refractivity contribution < 1.29 is 4.79 Å². The Bertz CT molecular complexity index is 260. The first kappa shape index (κ1) is 8.94. The summed E-state index contributed by atoms with van der Waals surface area (Å²) in [5.74, 6) is 0. The van der Waals surface area contributed by atoms with E-state index in [0.717, 1.165) is 16.3 Å². The SMILES string of the molecule is O=CC(Br)c1ccccc1Br. The van der Waals surface area contributed by atoms with Gasteiger partial charge in [-0.2, -0.15) is 0 Å². The van der Waals surface area contributed by atoms with E-state index in [-0.39, 0.29) is 4.83 Å². The minimum Gasteiger partial charge on any atom is -0.302 e. The summed E-state index contributed by atoms with van der Waals surface area (Å²) >= 11 is 6.59. The van der Waals surface area contributed by atoms with Gasteiger partial charge in [-0.25, -0.2) is 0 Å². The lowest BCUT2D eigenvalue weighted by atomic mass is 10.2. The van der Waals surface area contributed by atoms with Gasteiger partial charge < -0.3 is 4.79 Å². The van der Waals surface area contributed by atoms with E-state index in [1.165, 1.54) is 0 Å². The number of hydrogen-bond donors (Lipinski definition) is 0. The molecule has 0 fully saturated rings. The number of alkyl halides is 1. The predicted molar refractivity (Wildman–Crippen MR) is 51.9 cm³/mol. The van der Waals surface area contributed by atoms with Crippen LogP contribution in [0.1, 0.15) is 10.4 Å². The molecular formula is C8H6Br2O. The van der Waals surface area contributed by atoms with Crippen molar-refractivity contribution in [2.24, 2.45) is 0 Å². The highest BCUT2D eigenvalue weighted by atomic mass is 79.9. The fraction of sp³-hybridized carbons (Fsp3) is 0.125. The number of hydrogen-bond acceptors (Lipinski definition) is 1. The molecule has 0 N–H and O–H groups in total. The largest absolute Gasteiger partial charge is 0.302 e. The summed E-state index contributed by atoms with van der Waals surface area (Å²) in [6.45, 7) is 0. The van der Waals surface area contributed by atoms with Crippen molar-refractivity contribution in [3.8, 4) is 0 Å². The second kappa shape index (κ2) is 4.02. The third-order valence-electron chi connectivity index (χ3n) is 1.32. The van der Waals surface area contributed by atoms with E-state index in [1.54, 1.807) is 0 Å². The van der Waals surface area contributed by atoms with Crippen LogP contribution in [0, 0.1) is 0 Å². The molecule has 1 rings (SSSR count). The first-order valence-corrected chi connectivity index (χ1v) is 4.80. The zero-order valence-corrected chi connectivity index (χ0v) is 8.80. The molecule has 1 nitrogen and oxygen atoms in total. The summed E-state index contributed by atoms with van der Waals surface area (Å²) in [6.07, 6.45) is 0.861. The van der Waals surface area contributed by atoms with Gasteiger partial charge in [0.2, 0.25) is 0 Å². The minimum atomic E-state index is -0.210. The van der Waals surface area contributed by atoms with Crippen molar-refractivity contribution in [3.63, 3.8) is 0 Å². The Hall–Kier alpha value is -0.150. The summed E-state index contributed by atoms with van der Waals surface area (Å²) in [6, 6.07) is 7.63. The highest BCUT2D eigenvalue weighted by Crippen LogP contribution is 2.27. The molecule has 0 saturated heterocycles. The van der Waals surface area contributed by atoms with Gasteiger partial charge in [-0.3, -0.25) is 0 Å². The first-order valence-electron chi connectivity index (χ1n) is 3.09. The van der Waals surface area contributed by atoms with Crippen LogP contribution in [0.25, 0.3) is 0 Å². The number of carbonyl (C=O) groups is 1. The highest BCUT2D eigenvalue weighted by Gasteiger charge is 2.07. The lowest BCUT2D eigenvalue weighted by molar-refractivity contribution is -0.107. The molecule has 0 saturated carbocycles. The minimum absolute atomic E-state index is 0.210. The quantitative estimate of drug-likeness (QED) is 0.600. The lowest BCUT2D eigenvalue weighted by Crippen LogP contribution is -1.90. The van der Waals surface area contributed by atoms with Gasteiger partial charge in [-0.1, -0.05) is 50.1 Å². The molecule has 0 spiro atoms. The molecule has 0 radical (unpaired) electrons. The van der Waals surface area contributed by atoms with Crippen LogP contribution >= 0.6 is 31.9 Å². The van der Waals surface area contributed by atoms with Crippen LogP contribution in [0.3, 0.4) is 0 Å². The highest BCUT2D eigenvalue weighted by molar-refractivity contribution is 9.11. The second-order valence-corrected chi connectivity index (χ2v) is 3.90. The number of carbonyl (C=O) groups excluding carboxylic acids is 1. The van der Waals surface area contributed by atoms with Gasteiger partial charge >= 0.3 is 0 Å². The Labute approximate surface area is 82.1 Å². The van der Waals surface area contributed by atoms with Crippen molar-refractivity contribution >= 4 is 38.1 Å². The summed E-state index contributed by atoms with van der Waals surface area (Å²) in [4.78, 5) is 10.2. The van der Waals surface area contributed by atoms with Crippen LogP contribution in [0.2, 0.25) is 0 Å². The van der Waals surface area contributed by atoms with Gasteiger partial charge in [0.15, 0.2) is 0 Å². The van der Waals surface area contributed by atoms with Gasteiger partial charge in [0.1, 0.15) is 6.29 Å². The Balaban J connectivity index is 3.02. The van der Waals surface area contributed by atoms with Gasteiger partial charge in [-0.15, -0.1) is 0 Å². The third kappa shape index (κ3) is 2.14. The number of rotatable bonds is 2. The molecule has 1 atom stereocenters. The van der Waals surface area contributed by atoms with Gasteiger partial charge in [-0.05, 0) is 11.6 Å². The third-order valence-corrected chi connectivity index (χ3v) is 2.75. The number of halogens is 2. The van der Waals surface area contributed by atoms with E-state index in [1.807, 2.05) is 24.3 Å². The summed E-state index contributed by atoms with van der Waals surface area (Å²) in [5.41, 5.74) is 0.961. The summed E-state index contributed by atoms with van der Waals surface area (Å²) in [7, 11) is 0. The zero-order valence-electron chi connectivity index (χ0n) is 5.63. The van der Waals surface area contributed by atoms with Gasteiger partial charge in [0.05, 0.1) is 4.83 Å². The molecule has 58 valence electrons. The van der Waals surface area contributed by atoms with Crippen LogP contribution < -0.4 is 0 Å². The molecule has 0 bridgehead atoms. The van der Waals surface area contributed by atoms with E-state index in [4.69, 9.17) is 0 Å². The standard InChI is InChI=1S/C8H6Br2O/c9-7-4-2-1-3-6(7)8(10)5-11/h1-5,8H. The van der Waals surface area contributed by atoms with E-state index in [0.29, 0.717) is 0 Å². The fourth-order valence-electron chi connectivity index (χ4n) is 0.772. The van der Waals surface area contributed by atoms with Crippen molar-refractivity contribution in [2.45, 2.75) is 4.83 Å². The van der Waals surface area contributed by atoms with Crippen LogP contribution in [-0.4, -0.2) is 6.29 Å². The van der Waals surface area contributed by atoms with Gasteiger partial charge in [0, 0.05) is 4.47 Å². The smallest absolute Gasteiger partial charge is 0.138 e.